The third-order valence-electron chi connectivity index (χ3n) is 2.62. The molecule has 0 saturated carbocycles. The second-order valence-corrected chi connectivity index (χ2v) is 4.64. The first-order valence-corrected chi connectivity index (χ1v) is 5.81. The lowest BCUT2D eigenvalue weighted by molar-refractivity contribution is -0.119. The number of aromatic nitrogens is 1. The van der Waals surface area contributed by atoms with Crippen LogP contribution in [0.1, 0.15) is 12.0 Å². The molecule has 2 rings (SSSR count). The highest BCUT2D eigenvalue weighted by molar-refractivity contribution is 9.10. The standard InChI is InChI=1S/C10H13BrN4O/c1-5-7(12)4-14-10(9(5)11)15-6-2-8(16)13-3-6/h4,6H,2-3,12H2,1H3,(H,13,16)(H,14,15). The van der Waals surface area contributed by atoms with Gasteiger partial charge in [-0.05, 0) is 28.4 Å². The maximum atomic E-state index is 11.0. The van der Waals surface area contributed by atoms with E-state index < -0.39 is 0 Å². The monoisotopic (exact) mass is 284 g/mol. The number of rotatable bonds is 2. The quantitative estimate of drug-likeness (QED) is 0.758. The van der Waals surface area contributed by atoms with Gasteiger partial charge in [-0.2, -0.15) is 0 Å². The Morgan fingerprint density at radius 3 is 3.06 bits per heavy atom. The molecule has 4 N–H and O–H groups in total. The molecule has 0 radical (unpaired) electrons. The fraction of sp³-hybridized carbons (Fsp3) is 0.400. The van der Waals surface area contributed by atoms with Crippen molar-refractivity contribution in [2.75, 3.05) is 17.6 Å². The molecule has 1 saturated heterocycles. The molecule has 6 heteroatoms. The van der Waals surface area contributed by atoms with Gasteiger partial charge >= 0.3 is 0 Å². The minimum Gasteiger partial charge on any atom is -0.397 e. The summed E-state index contributed by atoms with van der Waals surface area (Å²) in [5.74, 6) is 0.800. The van der Waals surface area contributed by atoms with Crippen LogP contribution in [0.3, 0.4) is 0 Å². The van der Waals surface area contributed by atoms with Gasteiger partial charge in [-0.15, -0.1) is 0 Å². The molecule has 0 aromatic carbocycles. The number of anilines is 2. The van der Waals surface area contributed by atoms with E-state index in [2.05, 4.69) is 31.5 Å². The van der Waals surface area contributed by atoms with E-state index >= 15 is 0 Å². The SMILES string of the molecule is Cc1c(N)cnc(NC2CNC(=O)C2)c1Br. The number of nitrogens with zero attached hydrogens (tertiary/aromatic N) is 1. The molecular weight excluding hydrogens is 272 g/mol. The molecule has 0 bridgehead atoms. The van der Waals surface area contributed by atoms with Gasteiger partial charge in [0.2, 0.25) is 5.91 Å². The summed E-state index contributed by atoms with van der Waals surface area (Å²) in [5.41, 5.74) is 7.34. The van der Waals surface area contributed by atoms with Crippen LogP contribution in [0.4, 0.5) is 11.5 Å². The van der Waals surface area contributed by atoms with E-state index in [1.54, 1.807) is 6.20 Å². The van der Waals surface area contributed by atoms with Gasteiger partial charge in [-0.1, -0.05) is 0 Å². The minimum absolute atomic E-state index is 0.0702. The third kappa shape index (κ3) is 2.11. The predicted octanol–water partition coefficient (Wildman–Crippen LogP) is 1.04. The van der Waals surface area contributed by atoms with Crippen LogP contribution in [-0.2, 0) is 4.79 Å². The Kier molecular flexibility index (Phi) is 3.00. The molecule has 1 atom stereocenters. The summed E-state index contributed by atoms with van der Waals surface area (Å²) < 4.78 is 0.854. The Morgan fingerprint density at radius 1 is 1.69 bits per heavy atom. The van der Waals surface area contributed by atoms with Crippen molar-refractivity contribution in [2.24, 2.45) is 0 Å². The molecule has 2 heterocycles. The number of halogens is 1. The summed E-state index contributed by atoms with van der Waals surface area (Å²) in [4.78, 5) is 15.3. The van der Waals surface area contributed by atoms with Crippen molar-refractivity contribution in [1.29, 1.82) is 0 Å². The fourth-order valence-corrected chi connectivity index (χ4v) is 2.04. The number of carbonyl (C=O) groups excluding carboxylic acids is 1. The van der Waals surface area contributed by atoms with Crippen LogP contribution in [0, 0.1) is 6.92 Å². The number of nitrogens with one attached hydrogen (secondary N) is 2. The maximum Gasteiger partial charge on any atom is 0.222 e. The van der Waals surface area contributed by atoms with E-state index in [1.807, 2.05) is 6.92 Å². The van der Waals surface area contributed by atoms with E-state index in [9.17, 15) is 4.79 Å². The number of hydrogen-bond acceptors (Lipinski definition) is 4. The summed E-state index contributed by atoms with van der Waals surface area (Å²) in [5, 5.41) is 5.98. The molecule has 0 spiro atoms. The van der Waals surface area contributed by atoms with Crippen LogP contribution < -0.4 is 16.4 Å². The first kappa shape index (κ1) is 11.2. The Bertz CT molecular complexity index is 435. The van der Waals surface area contributed by atoms with Gasteiger partial charge in [0.05, 0.1) is 22.4 Å². The second kappa shape index (κ2) is 4.29. The van der Waals surface area contributed by atoms with Crippen molar-refractivity contribution < 1.29 is 4.79 Å². The van der Waals surface area contributed by atoms with Crippen molar-refractivity contribution in [3.8, 4) is 0 Å². The van der Waals surface area contributed by atoms with E-state index in [0.29, 0.717) is 18.7 Å². The van der Waals surface area contributed by atoms with Crippen LogP contribution >= 0.6 is 15.9 Å². The summed E-state index contributed by atoms with van der Waals surface area (Å²) in [6, 6.07) is 0.0966. The third-order valence-corrected chi connectivity index (χ3v) is 3.59. The Morgan fingerprint density at radius 2 is 2.44 bits per heavy atom. The van der Waals surface area contributed by atoms with E-state index in [0.717, 1.165) is 15.9 Å². The maximum absolute atomic E-state index is 11.0. The fourth-order valence-electron chi connectivity index (χ4n) is 1.59. The van der Waals surface area contributed by atoms with Crippen molar-refractivity contribution in [1.82, 2.24) is 10.3 Å². The Labute approximate surface area is 102 Å². The first-order valence-electron chi connectivity index (χ1n) is 5.01. The highest BCUT2D eigenvalue weighted by Gasteiger charge is 2.22. The van der Waals surface area contributed by atoms with E-state index in [4.69, 9.17) is 5.73 Å². The molecule has 1 aliphatic rings. The van der Waals surface area contributed by atoms with Crippen molar-refractivity contribution in [2.45, 2.75) is 19.4 Å². The average molecular weight is 285 g/mol. The zero-order valence-corrected chi connectivity index (χ0v) is 10.5. The molecule has 1 unspecified atom stereocenters. The van der Waals surface area contributed by atoms with Gasteiger partial charge in [0.15, 0.2) is 0 Å². The summed E-state index contributed by atoms with van der Waals surface area (Å²) in [6.45, 7) is 2.56. The number of pyridine rings is 1. The summed E-state index contributed by atoms with van der Waals surface area (Å²) in [7, 11) is 0. The van der Waals surface area contributed by atoms with Gasteiger partial charge in [-0.3, -0.25) is 4.79 Å². The van der Waals surface area contributed by atoms with Crippen LogP contribution in [-0.4, -0.2) is 23.5 Å². The number of hydrogen-bond donors (Lipinski definition) is 3. The van der Waals surface area contributed by atoms with Crippen molar-refractivity contribution in [3.05, 3.63) is 16.2 Å². The number of amides is 1. The molecule has 1 aromatic heterocycles. The lowest BCUT2D eigenvalue weighted by Gasteiger charge is -2.14. The second-order valence-electron chi connectivity index (χ2n) is 3.85. The molecule has 1 fully saturated rings. The zero-order chi connectivity index (χ0) is 11.7. The predicted molar refractivity (Wildman–Crippen MR) is 66.1 cm³/mol. The topological polar surface area (TPSA) is 80.0 Å². The summed E-state index contributed by atoms with van der Waals surface area (Å²) in [6.07, 6.45) is 2.10. The Balaban J connectivity index is 2.16. The molecule has 5 nitrogen and oxygen atoms in total. The molecule has 1 aromatic rings. The number of nitrogens with two attached hydrogens (primary N) is 1. The van der Waals surface area contributed by atoms with Crippen molar-refractivity contribution >= 4 is 33.3 Å². The highest BCUT2D eigenvalue weighted by atomic mass is 79.9. The van der Waals surface area contributed by atoms with Crippen LogP contribution in [0.25, 0.3) is 0 Å². The largest absolute Gasteiger partial charge is 0.397 e. The first-order chi connectivity index (χ1) is 7.58. The molecule has 16 heavy (non-hydrogen) atoms. The molecule has 0 aliphatic carbocycles. The van der Waals surface area contributed by atoms with Gasteiger partial charge in [0.1, 0.15) is 5.82 Å². The van der Waals surface area contributed by atoms with Crippen LogP contribution in [0.15, 0.2) is 10.7 Å². The van der Waals surface area contributed by atoms with Gasteiger partial charge < -0.3 is 16.4 Å². The van der Waals surface area contributed by atoms with Crippen LogP contribution in [0.5, 0.6) is 0 Å². The average Bonchev–Trinajstić information content (AvgIpc) is 2.65. The van der Waals surface area contributed by atoms with Gasteiger partial charge in [0.25, 0.3) is 0 Å². The van der Waals surface area contributed by atoms with E-state index in [1.165, 1.54) is 0 Å². The Hall–Kier alpha value is -1.30. The smallest absolute Gasteiger partial charge is 0.222 e. The van der Waals surface area contributed by atoms with Crippen LogP contribution in [0.2, 0.25) is 0 Å². The minimum atomic E-state index is 0.0702. The van der Waals surface area contributed by atoms with E-state index in [-0.39, 0.29) is 11.9 Å². The lowest BCUT2D eigenvalue weighted by atomic mass is 10.2. The molecule has 1 aliphatic heterocycles. The van der Waals surface area contributed by atoms with Gasteiger partial charge in [-0.25, -0.2) is 4.98 Å². The number of nitrogen functional groups attached to an aromatic ring is 1. The molecule has 86 valence electrons. The van der Waals surface area contributed by atoms with Crippen molar-refractivity contribution in [3.63, 3.8) is 0 Å². The number of carbonyl (C=O) groups is 1. The van der Waals surface area contributed by atoms with Gasteiger partial charge in [0, 0.05) is 13.0 Å². The lowest BCUT2D eigenvalue weighted by Crippen LogP contribution is -2.23. The normalized spacial score (nSPS) is 19.6. The molecular formula is C10H13BrN4O. The highest BCUT2D eigenvalue weighted by Crippen LogP contribution is 2.28. The molecule has 1 amide bonds. The zero-order valence-electron chi connectivity index (χ0n) is 8.88. The summed E-state index contributed by atoms with van der Waals surface area (Å²) >= 11 is 3.44.